The summed E-state index contributed by atoms with van der Waals surface area (Å²) in [5, 5.41) is 15.8. The lowest BCUT2D eigenvalue weighted by Gasteiger charge is -2.18. The summed E-state index contributed by atoms with van der Waals surface area (Å²) in [5.41, 5.74) is 0.362. The van der Waals surface area contributed by atoms with E-state index >= 15 is 0 Å². The minimum absolute atomic E-state index is 0.0468. The zero-order valence-electron chi connectivity index (χ0n) is 12.4. The number of carbonyl (C=O) groups excluding carboxylic acids is 1. The number of aliphatic carboxylic acids is 1. The SMILES string of the molecule is CC(C)C(CNC(=O)c1snnc1C(C)(C)C)C(=O)O. The molecule has 1 heterocycles. The third-order valence-corrected chi connectivity index (χ3v) is 3.73. The van der Waals surface area contributed by atoms with Crippen LogP contribution in [0.15, 0.2) is 0 Å². The van der Waals surface area contributed by atoms with Gasteiger partial charge in [-0.1, -0.05) is 39.1 Å². The first-order chi connectivity index (χ1) is 9.14. The predicted molar refractivity (Wildman–Crippen MR) is 76.9 cm³/mol. The van der Waals surface area contributed by atoms with Crippen molar-refractivity contribution in [3.8, 4) is 0 Å². The van der Waals surface area contributed by atoms with Gasteiger partial charge in [-0.3, -0.25) is 9.59 Å². The molecule has 2 N–H and O–H groups in total. The summed E-state index contributed by atoms with van der Waals surface area (Å²) in [4.78, 5) is 23.7. The van der Waals surface area contributed by atoms with Crippen LogP contribution in [0.4, 0.5) is 0 Å². The zero-order chi connectivity index (χ0) is 15.5. The van der Waals surface area contributed by atoms with E-state index in [1.165, 1.54) is 0 Å². The molecule has 0 aliphatic heterocycles. The third kappa shape index (κ3) is 4.00. The first kappa shape index (κ1) is 16.6. The molecule has 7 heteroatoms. The number of carboxylic acids is 1. The highest BCUT2D eigenvalue weighted by molar-refractivity contribution is 7.08. The van der Waals surface area contributed by atoms with Crippen LogP contribution in [0.5, 0.6) is 0 Å². The molecule has 20 heavy (non-hydrogen) atoms. The monoisotopic (exact) mass is 299 g/mol. The number of carbonyl (C=O) groups is 2. The number of nitrogens with one attached hydrogen (secondary N) is 1. The van der Waals surface area contributed by atoms with Gasteiger partial charge in [0.05, 0.1) is 11.6 Å². The molecule has 1 aromatic heterocycles. The Morgan fingerprint density at radius 1 is 1.35 bits per heavy atom. The lowest BCUT2D eigenvalue weighted by molar-refractivity contribution is -0.142. The van der Waals surface area contributed by atoms with Gasteiger partial charge in [0.15, 0.2) is 0 Å². The maximum atomic E-state index is 12.1. The first-order valence-electron chi connectivity index (χ1n) is 6.48. The smallest absolute Gasteiger partial charge is 0.308 e. The summed E-state index contributed by atoms with van der Waals surface area (Å²) >= 11 is 1.03. The van der Waals surface area contributed by atoms with Crippen LogP contribution in [0.2, 0.25) is 0 Å². The maximum Gasteiger partial charge on any atom is 0.308 e. The van der Waals surface area contributed by atoms with E-state index in [2.05, 4.69) is 14.9 Å². The van der Waals surface area contributed by atoms with Crippen molar-refractivity contribution >= 4 is 23.4 Å². The molecule has 0 aromatic carbocycles. The van der Waals surface area contributed by atoms with Gasteiger partial charge in [-0.15, -0.1) is 5.10 Å². The van der Waals surface area contributed by atoms with Crippen LogP contribution in [0.3, 0.4) is 0 Å². The van der Waals surface area contributed by atoms with Gasteiger partial charge in [-0.2, -0.15) is 0 Å². The van der Waals surface area contributed by atoms with Crippen molar-refractivity contribution in [3.63, 3.8) is 0 Å². The molecule has 1 aromatic rings. The Kier molecular flexibility index (Phi) is 5.21. The molecular weight excluding hydrogens is 278 g/mol. The van der Waals surface area contributed by atoms with E-state index < -0.39 is 11.9 Å². The van der Waals surface area contributed by atoms with Crippen LogP contribution in [0.1, 0.15) is 50.0 Å². The second kappa shape index (κ2) is 6.30. The van der Waals surface area contributed by atoms with E-state index in [9.17, 15) is 9.59 Å². The number of aromatic nitrogens is 2. The van der Waals surface area contributed by atoms with E-state index in [4.69, 9.17) is 5.11 Å². The highest BCUT2D eigenvalue weighted by Crippen LogP contribution is 2.25. The highest BCUT2D eigenvalue weighted by atomic mass is 32.1. The first-order valence-corrected chi connectivity index (χ1v) is 7.25. The van der Waals surface area contributed by atoms with Crippen LogP contribution < -0.4 is 5.32 Å². The van der Waals surface area contributed by atoms with E-state index in [0.717, 1.165) is 11.5 Å². The summed E-state index contributed by atoms with van der Waals surface area (Å²) in [5.74, 6) is -1.86. The van der Waals surface area contributed by atoms with Crippen LogP contribution in [0, 0.1) is 11.8 Å². The quantitative estimate of drug-likeness (QED) is 0.866. The summed E-state index contributed by atoms with van der Waals surface area (Å²) in [6, 6.07) is 0. The molecule has 0 saturated heterocycles. The Morgan fingerprint density at radius 3 is 2.40 bits per heavy atom. The Bertz CT molecular complexity index is 491. The van der Waals surface area contributed by atoms with Crippen molar-refractivity contribution in [3.05, 3.63) is 10.6 Å². The Hall–Kier alpha value is -1.50. The van der Waals surface area contributed by atoms with Crippen molar-refractivity contribution in [2.75, 3.05) is 6.54 Å². The number of amides is 1. The van der Waals surface area contributed by atoms with Gasteiger partial charge in [0.2, 0.25) is 0 Å². The highest BCUT2D eigenvalue weighted by Gasteiger charge is 2.28. The van der Waals surface area contributed by atoms with Crippen LogP contribution >= 0.6 is 11.5 Å². The van der Waals surface area contributed by atoms with E-state index in [1.807, 2.05) is 34.6 Å². The number of hydrogen-bond donors (Lipinski definition) is 2. The molecule has 0 aliphatic rings. The van der Waals surface area contributed by atoms with E-state index in [-0.39, 0.29) is 23.8 Å². The molecule has 0 aliphatic carbocycles. The average Bonchev–Trinajstić information content (AvgIpc) is 2.76. The molecule has 1 rings (SSSR count). The second-order valence-electron chi connectivity index (χ2n) is 6.10. The molecule has 6 nitrogen and oxygen atoms in total. The Labute approximate surface area is 122 Å². The zero-order valence-corrected chi connectivity index (χ0v) is 13.2. The van der Waals surface area contributed by atoms with Gasteiger partial charge in [-0.05, 0) is 17.5 Å². The molecule has 0 radical (unpaired) electrons. The minimum atomic E-state index is -0.904. The van der Waals surface area contributed by atoms with Crippen LogP contribution in [0.25, 0.3) is 0 Å². The van der Waals surface area contributed by atoms with Gasteiger partial charge in [0, 0.05) is 12.0 Å². The number of rotatable bonds is 5. The van der Waals surface area contributed by atoms with Crippen molar-refractivity contribution in [1.82, 2.24) is 14.9 Å². The molecule has 112 valence electrons. The van der Waals surface area contributed by atoms with E-state index in [0.29, 0.717) is 10.6 Å². The van der Waals surface area contributed by atoms with Crippen molar-refractivity contribution in [2.24, 2.45) is 11.8 Å². The van der Waals surface area contributed by atoms with Gasteiger partial charge < -0.3 is 10.4 Å². The van der Waals surface area contributed by atoms with Gasteiger partial charge in [0.25, 0.3) is 5.91 Å². The lowest BCUT2D eigenvalue weighted by Crippen LogP contribution is -2.36. The molecule has 0 saturated carbocycles. The topological polar surface area (TPSA) is 92.2 Å². The summed E-state index contributed by atoms with van der Waals surface area (Å²) in [7, 11) is 0. The third-order valence-electron chi connectivity index (χ3n) is 3.01. The maximum absolute atomic E-state index is 12.1. The van der Waals surface area contributed by atoms with Crippen molar-refractivity contribution < 1.29 is 14.7 Å². The molecule has 1 atom stereocenters. The van der Waals surface area contributed by atoms with Gasteiger partial charge >= 0.3 is 5.97 Å². The van der Waals surface area contributed by atoms with Gasteiger partial charge in [0.1, 0.15) is 4.88 Å². The molecular formula is C13H21N3O3S. The fourth-order valence-corrected chi connectivity index (χ4v) is 2.51. The summed E-state index contributed by atoms with van der Waals surface area (Å²) in [6.45, 7) is 9.60. The number of hydrogen-bond acceptors (Lipinski definition) is 5. The Balaban J connectivity index is 2.78. The predicted octanol–water partition coefficient (Wildman–Crippen LogP) is 1.92. The van der Waals surface area contributed by atoms with Crippen LogP contribution in [-0.4, -0.2) is 33.1 Å². The average molecular weight is 299 g/mol. The molecule has 1 amide bonds. The summed E-state index contributed by atoms with van der Waals surface area (Å²) < 4.78 is 3.82. The Morgan fingerprint density at radius 2 is 1.95 bits per heavy atom. The second-order valence-corrected chi connectivity index (χ2v) is 6.85. The normalized spacial score (nSPS) is 13.3. The molecule has 0 fully saturated rings. The fourth-order valence-electron chi connectivity index (χ4n) is 1.72. The van der Waals surface area contributed by atoms with Crippen molar-refractivity contribution in [2.45, 2.75) is 40.0 Å². The molecule has 1 unspecified atom stereocenters. The molecule has 0 bridgehead atoms. The van der Waals surface area contributed by atoms with Crippen LogP contribution in [-0.2, 0) is 10.2 Å². The van der Waals surface area contributed by atoms with Gasteiger partial charge in [-0.25, -0.2) is 0 Å². The number of nitrogens with zero attached hydrogens (tertiary/aromatic N) is 2. The van der Waals surface area contributed by atoms with Crippen molar-refractivity contribution in [1.29, 1.82) is 0 Å². The fraction of sp³-hybridized carbons (Fsp3) is 0.692. The number of carboxylic acid groups (broad SMARTS) is 1. The lowest BCUT2D eigenvalue weighted by atomic mass is 9.91. The minimum Gasteiger partial charge on any atom is -0.481 e. The largest absolute Gasteiger partial charge is 0.481 e. The standard InChI is InChI=1S/C13H21N3O3S/c1-7(2)8(12(18)19)6-14-11(17)9-10(13(3,4)5)15-16-20-9/h7-8H,6H2,1-5H3,(H,14,17)(H,18,19). The summed E-state index contributed by atoms with van der Waals surface area (Å²) in [6.07, 6.45) is 0. The van der Waals surface area contributed by atoms with E-state index in [1.54, 1.807) is 0 Å². The molecule has 0 spiro atoms.